The molecule has 8 heteroatoms. The van der Waals surface area contributed by atoms with E-state index in [0.717, 1.165) is 17.5 Å². The molecule has 0 bridgehead atoms. The molecule has 0 aliphatic rings. The average molecular weight is 337 g/mol. The average Bonchev–Trinajstić information content (AvgIpc) is 2.54. The molecule has 0 N–H and O–H groups in total. The Morgan fingerprint density at radius 2 is 2.09 bits per heavy atom. The van der Waals surface area contributed by atoms with Gasteiger partial charge in [-0.05, 0) is 29.3 Å². The topological polar surface area (TPSA) is 82.6 Å². The van der Waals surface area contributed by atoms with Crippen LogP contribution in [0.3, 0.4) is 0 Å². The molecule has 0 radical (unpaired) electrons. The van der Waals surface area contributed by atoms with Gasteiger partial charge in [-0.3, -0.25) is 9.19 Å². The van der Waals surface area contributed by atoms with Crippen LogP contribution in [0.1, 0.15) is 21.5 Å². The van der Waals surface area contributed by atoms with Gasteiger partial charge in [-0.2, -0.15) is 0 Å². The van der Waals surface area contributed by atoms with E-state index < -0.39 is 23.1 Å². The Morgan fingerprint density at radius 1 is 1.35 bits per heavy atom. The Morgan fingerprint density at radius 3 is 2.65 bits per heavy atom. The number of benzene rings is 1. The van der Waals surface area contributed by atoms with E-state index in [9.17, 15) is 17.9 Å². The number of carbonyl (C=O) groups is 1. The highest BCUT2D eigenvalue weighted by Gasteiger charge is 2.14. The van der Waals surface area contributed by atoms with Crippen LogP contribution < -0.4 is 0 Å². The molecule has 1 atom stereocenters. The van der Waals surface area contributed by atoms with Crippen molar-refractivity contribution in [2.24, 2.45) is 0 Å². The number of esters is 1. The molecule has 0 amide bonds. The van der Waals surface area contributed by atoms with E-state index in [1.807, 2.05) is 0 Å². The lowest BCUT2D eigenvalue weighted by atomic mass is 10.1. The van der Waals surface area contributed by atoms with Crippen LogP contribution in [0.15, 0.2) is 42.7 Å². The maximum Gasteiger partial charge on any atom is 0.340 e. The summed E-state index contributed by atoms with van der Waals surface area (Å²) < 4.78 is 42.2. The zero-order valence-corrected chi connectivity index (χ0v) is 13.1. The molecule has 0 saturated carbocycles. The van der Waals surface area contributed by atoms with E-state index in [0.29, 0.717) is 11.1 Å². The summed E-state index contributed by atoms with van der Waals surface area (Å²) in [7, 11) is 1.16. The molecule has 0 aliphatic heterocycles. The Hall–Kier alpha value is -2.16. The molecular weight excluding hydrogens is 323 g/mol. The lowest BCUT2D eigenvalue weighted by molar-refractivity contribution is 0.0595. The third kappa shape index (κ3) is 4.65. The summed E-state index contributed by atoms with van der Waals surface area (Å²) in [5, 5.41) is 0. The molecule has 1 aromatic heterocycles. The first-order valence-corrected chi connectivity index (χ1v) is 7.64. The van der Waals surface area contributed by atoms with Gasteiger partial charge in [-0.1, -0.05) is 12.1 Å². The Kier molecular flexibility index (Phi) is 5.91. The van der Waals surface area contributed by atoms with Gasteiger partial charge >= 0.3 is 5.97 Å². The van der Waals surface area contributed by atoms with E-state index in [4.69, 9.17) is 0 Å². The second-order valence-corrected chi connectivity index (χ2v) is 5.63. The highest BCUT2D eigenvalue weighted by Crippen LogP contribution is 2.15. The summed E-state index contributed by atoms with van der Waals surface area (Å²) in [5.41, 5.74) is 0.935. The van der Waals surface area contributed by atoms with Crippen LogP contribution in [-0.4, -0.2) is 31.1 Å². The molecule has 23 heavy (non-hydrogen) atoms. The van der Waals surface area contributed by atoms with E-state index in [2.05, 4.69) is 9.72 Å². The number of pyridine rings is 1. The smallest absolute Gasteiger partial charge is 0.340 e. The number of hydrogen-bond donors (Lipinski definition) is 0. The molecule has 2 rings (SSSR count). The lowest BCUT2D eigenvalue weighted by Gasteiger charge is -2.24. The molecule has 0 saturated heterocycles. The molecular formula is C15H14FN2O4S-. The van der Waals surface area contributed by atoms with Gasteiger partial charge in [0, 0.05) is 36.7 Å². The van der Waals surface area contributed by atoms with Gasteiger partial charge in [0.25, 0.3) is 0 Å². The Balaban J connectivity index is 2.16. The van der Waals surface area contributed by atoms with Gasteiger partial charge in [0.15, 0.2) is 0 Å². The Labute approximate surface area is 135 Å². The molecule has 0 spiro atoms. The zero-order chi connectivity index (χ0) is 16.8. The predicted octanol–water partition coefficient (Wildman–Crippen LogP) is 1.80. The van der Waals surface area contributed by atoms with Crippen LogP contribution in [0.5, 0.6) is 0 Å². The Bertz CT molecular complexity index is 712. The normalized spacial score (nSPS) is 12.2. The van der Waals surface area contributed by atoms with Crippen molar-refractivity contribution in [1.29, 1.82) is 0 Å². The van der Waals surface area contributed by atoms with Crippen molar-refractivity contribution in [3.63, 3.8) is 0 Å². The van der Waals surface area contributed by atoms with E-state index >= 15 is 0 Å². The van der Waals surface area contributed by atoms with E-state index in [-0.39, 0.29) is 18.7 Å². The highest BCUT2D eigenvalue weighted by atomic mass is 32.2. The number of aromatic nitrogens is 1. The van der Waals surface area contributed by atoms with Gasteiger partial charge in [0.1, 0.15) is 5.82 Å². The molecule has 1 heterocycles. The van der Waals surface area contributed by atoms with Crippen LogP contribution in [0.4, 0.5) is 4.39 Å². The number of carbonyl (C=O) groups excluding carboxylic acids is 1. The van der Waals surface area contributed by atoms with Gasteiger partial charge in [-0.25, -0.2) is 13.5 Å². The first-order valence-electron chi connectivity index (χ1n) is 6.61. The van der Waals surface area contributed by atoms with Crippen molar-refractivity contribution in [1.82, 2.24) is 9.29 Å². The minimum atomic E-state index is -2.49. The van der Waals surface area contributed by atoms with Gasteiger partial charge in [-0.15, -0.1) is 0 Å². The minimum Gasteiger partial charge on any atom is -0.760 e. The number of hydrogen-bond acceptors (Lipinski definition) is 5. The molecule has 0 fully saturated rings. The monoisotopic (exact) mass is 337 g/mol. The van der Waals surface area contributed by atoms with Crippen molar-refractivity contribution in [3.8, 4) is 0 Å². The van der Waals surface area contributed by atoms with Crippen LogP contribution in [0.25, 0.3) is 0 Å². The van der Waals surface area contributed by atoms with Crippen LogP contribution in [0.2, 0.25) is 0 Å². The summed E-state index contributed by atoms with van der Waals surface area (Å²) >= 11 is -2.49. The molecule has 122 valence electrons. The standard InChI is InChI=1S/C15H15FN2O4S/c1-22-15(19)13-5-4-11(7-14(13)16)9-18(23(20)21)10-12-3-2-6-17-8-12/h2-8H,9-10H2,1H3,(H,20,21)/p-1. The van der Waals surface area contributed by atoms with Crippen LogP contribution in [0, 0.1) is 5.82 Å². The second-order valence-electron chi connectivity index (χ2n) is 4.68. The largest absolute Gasteiger partial charge is 0.760 e. The summed E-state index contributed by atoms with van der Waals surface area (Å²) in [6, 6.07) is 7.32. The summed E-state index contributed by atoms with van der Waals surface area (Å²) in [6.07, 6.45) is 3.14. The SMILES string of the molecule is COC(=O)c1ccc(CN(Cc2cccnc2)S(=O)[O-])cc1F. The fourth-order valence-electron chi connectivity index (χ4n) is 1.99. The lowest BCUT2D eigenvalue weighted by Crippen LogP contribution is -2.25. The highest BCUT2D eigenvalue weighted by molar-refractivity contribution is 7.76. The summed E-state index contributed by atoms with van der Waals surface area (Å²) in [4.78, 5) is 15.3. The number of halogens is 1. The number of rotatable bonds is 6. The summed E-state index contributed by atoms with van der Waals surface area (Å²) in [6.45, 7) is 0.0910. The van der Waals surface area contributed by atoms with Crippen molar-refractivity contribution in [3.05, 3.63) is 65.2 Å². The van der Waals surface area contributed by atoms with Crippen molar-refractivity contribution >= 4 is 17.2 Å². The van der Waals surface area contributed by atoms with Crippen molar-refractivity contribution < 1.29 is 22.7 Å². The predicted molar refractivity (Wildman–Crippen MR) is 80.1 cm³/mol. The van der Waals surface area contributed by atoms with E-state index in [1.54, 1.807) is 24.5 Å². The van der Waals surface area contributed by atoms with Gasteiger partial charge in [0.05, 0.1) is 12.7 Å². The number of ether oxygens (including phenoxy) is 1. The first kappa shape index (κ1) is 17.2. The quantitative estimate of drug-likeness (QED) is 0.593. The second kappa shape index (κ2) is 7.91. The molecule has 1 aromatic carbocycles. The summed E-state index contributed by atoms with van der Waals surface area (Å²) in [5.74, 6) is -1.54. The van der Waals surface area contributed by atoms with E-state index in [1.165, 1.54) is 12.1 Å². The maximum atomic E-state index is 13.9. The van der Waals surface area contributed by atoms with Crippen LogP contribution >= 0.6 is 0 Å². The number of methoxy groups -OCH3 is 1. The minimum absolute atomic E-state index is 0.0244. The molecule has 1 unspecified atom stereocenters. The fraction of sp³-hybridized carbons (Fsp3) is 0.200. The third-order valence-corrected chi connectivity index (χ3v) is 3.77. The molecule has 2 aromatic rings. The zero-order valence-electron chi connectivity index (χ0n) is 12.3. The maximum absolute atomic E-state index is 13.9. The van der Waals surface area contributed by atoms with Gasteiger partial charge < -0.3 is 9.29 Å². The fourth-order valence-corrected chi connectivity index (χ4v) is 2.50. The van der Waals surface area contributed by atoms with Crippen molar-refractivity contribution in [2.45, 2.75) is 13.1 Å². The third-order valence-electron chi connectivity index (χ3n) is 3.09. The van der Waals surface area contributed by atoms with Crippen LogP contribution in [-0.2, 0) is 29.1 Å². The molecule has 6 nitrogen and oxygen atoms in total. The van der Waals surface area contributed by atoms with Gasteiger partial charge in [0.2, 0.25) is 0 Å². The number of nitrogens with zero attached hydrogens (tertiary/aromatic N) is 2. The first-order chi connectivity index (χ1) is 11.0. The molecule has 0 aliphatic carbocycles. The van der Waals surface area contributed by atoms with Crippen molar-refractivity contribution in [2.75, 3.05) is 7.11 Å².